The minimum atomic E-state index is 0.613. The summed E-state index contributed by atoms with van der Waals surface area (Å²) in [5.41, 5.74) is 1.21. The maximum absolute atomic E-state index is 10.7. The van der Waals surface area contributed by atoms with Crippen LogP contribution in [-0.2, 0) is 4.79 Å². The van der Waals surface area contributed by atoms with Crippen LogP contribution in [0.4, 0.5) is 0 Å². The zero-order chi connectivity index (χ0) is 12.1. The first-order valence-corrected chi connectivity index (χ1v) is 7.23. The van der Waals surface area contributed by atoms with E-state index in [1.807, 2.05) is 0 Å². The number of hydrogen-bond donors (Lipinski definition) is 1. The first-order chi connectivity index (χ1) is 8.33. The first-order valence-electron chi connectivity index (χ1n) is 7.23. The van der Waals surface area contributed by atoms with E-state index in [4.69, 9.17) is 0 Å². The number of rotatable bonds is 2. The van der Waals surface area contributed by atoms with E-state index in [-0.39, 0.29) is 0 Å². The summed E-state index contributed by atoms with van der Waals surface area (Å²) < 4.78 is 0. The summed E-state index contributed by atoms with van der Waals surface area (Å²) in [6.07, 6.45) is 13.7. The van der Waals surface area contributed by atoms with Crippen molar-refractivity contribution in [1.82, 2.24) is 5.32 Å². The van der Waals surface area contributed by atoms with Crippen LogP contribution in [0, 0.1) is 17.8 Å². The molecule has 1 fully saturated rings. The molecule has 0 spiro atoms. The van der Waals surface area contributed by atoms with Gasteiger partial charge in [-0.1, -0.05) is 45.1 Å². The van der Waals surface area contributed by atoms with Gasteiger partial charge in [-0.2, -0.15) is 0 Å². The highest BCUT2D eigenvalue weighted by atomic mass is 16.1. The Labute approximate surface area is 105 Å². The molecule has 2 nitrogen and oxygen atoms in total. The number of allylic oxidation sites excluding steroid dienone is 2. The Morgan fingerprint density at radius 2 is 1.88 bits per heavy atom. The Morgan fingerprint density at radius 3 is 2.65 bits per heavy atom. The molecule has 0 aromatic carbocycles. The van der Waals surface area contributed by atoms with Gasteiger partial charge < -0.3 is 5.32 Å². The van der Waals surface area contributed by atoms with Crippen LogP contribution >= 0.6 is 0 Å². The van der Waals surface area contributed by atoms with Crippen LogP contribution in [0.2, 0.25) is 0 Å². The summed E-state index contributed by atoms with van der Waals surface area (Å²) in [5.74, 6) is 2.19. The largest absolute Gasteiger partial charge is 0.332 e. The average molecular weight is 235 g/mol. The van der Waals surface area contributed by atoms with Crippen molar-refractivity contribution in [2.75, 3.05) is 0 Å². The first kappa shape index (κ1) is 12.7. The summed E-state index contributed by atoms with van der Waals surface area (Å²) in [5, 5.41) is 2.95. The van der Waals surface area contributed by atoms with Crippen LogP contribution in [0.3, 0.4) is 0 Å². The highest BCUT2D eigenvalue weighted by molar-refractivity contribution is 5.50. The van der Waals surface area contributed by atoms with Gasteiger partial charge in [0.1, 0.15) is 0 Å². The van der Waals surface area contributed by atoms with Crippen molar-refractivity contribution in [1.29, 1.82) is 0 Å². The molecule has 3 atom stereocenters. The molecule has 1 N–H and O–H groups in total. The minimum absolute atomic E-state index is 0.613. The van der Waals surface area contributed by atoms with E-state index in [0.29, 0.717) is 5.92 Å². The Morgan fingerprint density at radius 1 is 1.18 bits per heavy atom. The fourth-order valence-electron chi connectivity index (χ4n) is 3.63. The van der Waals surface area contributed by atoms with Gasteiger partial charge in [0.15, 0.2) is 0 Å². The highest BCUT2D eigenvalue weighted by Gasteiger charge is 2.32. The number of hydrogen-bond acceptors (Lipinski definition) is 1. The van der Waals surface area contributed by atoms with Gasteiger partial charge in [-0.3, -0.25) is 4.79 Å². The smallest absolute Gasteiger partial charge is 0.211 e. The molecular formula is C15H25NO. The van der Waals surface area contributed by atoms with Crippen molar-refractivity contribution in [2.45, 2.75) is 58.3 Å². The van der Waals surface area contributed by atoms with Crippen molar-refractivity contribution >= 4 is 6.41 Å². The molecule has 2 rings (SSSR count). The van der Waals surface area contributed by atoms with Gasteiger partial charge in [0, 0.05) is 11.6 Å². The number of amides is 1. The second-order valence-electron chi connectivity index (χ2n) is 5.75. The van der Waals surface area contributed by atoms with E-state index in [0.717, 1.165) is 24.7 Å². The SMILES string of the molecule is CC1CC=C(NC=O)C2CCCCCCCC12. The molecule has 1 saturated carbocycles. The summed E-state index contributed by atoms with van der Waals surface area (Å²) in [7, 11) is 0. The lowest BCUT2D eigenvalue weighted by Crippen LogP contribution is -2.32. The Hall–Kier alpha value is -0.790. The van der Waals surface area contributed by atoms with Gasteiger partial charge in [0.25, 0.3) is 0 Å². The second kappa shape index (κ2) is 6.23. The molecular weight excluding hydrogens is 210 g/mol. The lowest BCUT2D eigenvalue weighted by atomic mass is 9.71. The fourth-order valence-corrected chi connectivity index (χ4v) is 3.63. The lowest BCUT2D eigenvalue weighted by molar-refractivity contribution is -0.109. The van der Waals surface area contributed by atoms with Crippen molar-refractivity contribution in [3.63, 3.8) is 0 Å². The highest BCUT2D eigenvalue weighted by Crippen LogP contribution is 2.40. The molecule has 2 aliphatic rings. The molecule has 3 unspecified atom stereocenters. The molecule has 1 amide bonds. The quantitative estimate of drug-likeness (QED) is 0.727. The summed E-state index contributed by atoms with van der Waals surface area (Å²) in [6, 6.07) is 0. The predicted molar refractivity (Wildman–Crippen MR) is 70.4 cm³/mol. The molecule has 0 saturated heterocycles. The van der Waals surface area contributed by atoms with Crippen LogP contribution in [0.25, 0.3) is 0 Å². The maximum atomic E-state index is 10.7. The van der Waals surface area contributed by atoms with Crippen LogP contribution in [-0.4, -0.2) is 6.41 Å². The maximum Gasteiger partial charge on any atom is 0.211 e. The molecule has 17 heavy (non-hydrogen) atoms. The van der Waals surface area contributed by atoms with Crippen molar-refractivity contribution in [3.8, 4) is 0 Å². The third kappa shape index (κ3) is 3.11. The third-order valence-corrected chi connectivity index (χ3v) is 4.63. The zero-order valence-electron chi connectivity index (χ0n) is 11.0. The van der Waals surface area contributed by atoms with Crippen LogP contribution in [0.1, 0.15) is 58.3 Å². The fraction of sp³-hybridized carbons (Fsp3) is 0.800. The van der Waals surface area contributed by atoms with Crippen LogP contribution < -0.4 is 5.32 Å². The normalized spacial score (nSPS) is 34.6. The molecule has 0 aromatic rings. The Kier molecular flexibility index (Phi) is 4.64. The molecule has 0 aliphatic heterocycles. The van der Waals surface area contributed by atoms with Gasteiger partial charge in [-0.15, -0.1) is 0 Å². The number of fused-ring (bicyclic) bond motifs is 1. The van der Waals surface area contributed by atoms with Crippen LogP contribution in [0.5, 0.6) is 0 Å². The summed E-state index contributed by atoms with van der Waals surface area (Å²) in [6.45, 7) is 2.38. The number of nitrogens with one attached hydrogen (secondary N) is 1. The number of carbonyl (C=O) groups is 1. The minimum Gasteiger partial charge on any atom is -0.332 e. The molecule has 2 heteroatoms. The molecule has 0 radical (unpaired) electrons. The van der Waals surface area contributed by atoms with E-state index in [1.165, 1.54) is 50.6 Å². The Balaban J connectivity index is 2.12. The lowest BCUT2D eigenvalue weighted by Gasteiger charge is -2.36. The molecule has 0 bridgehead atoms. The molecule has 0 aromatic heterocycles. The van der Waals surface area contributed by atoms with Gasteiger partial charge >= 0.3 is 0 Å². The van der Waals surface area contributed by atoms with E-state index >= 15 is 0 Å². The standard InChI is InChI=1S/C15H25NO/c1-12-9-10-15(16-11-17)14-8-6-4-2-3-5-7-13(12)14/h10-14H,2-9H2,1H3,(H,16,17). The van der Waals surface area contributed by atoms with E-state index < -0.39 is 0 Å². The van der Waals surface area contributed by atoms with Crippen molar-refractivity contribution in [2.24, 2.45) is 17.8 Å². The van der Waals surface area contributed by atoms with Gasteiger partial charge in [0.05, 0.1) is 0 Å². The molecule has 96 valence electrons. The summed E-state index contributed by atoms with van der Waals surface area (Å²) in [4.78, 5) is 10.7. The summed E-state index contributed by atoms with van der Waals surface area (Å²) >= 11 is 0. The van der Waals surface area contributed by atoms with Gasteiger partial charge in [0.2, 0.25) is 6.41 Å². The van der Waals surface area contributed by atoms with Crippen molar-refractivity contribution < 1.29 is 4.79 Å². The third-order valence-electron chi connectivity index (χ3n) is 4.63. The van der Waals surface area contributed by atoms with E-state index in [1.54, 1.807) is 0 Å². The average Bonchev–Trinajstić information content (AvgIpc) is 2.45. The predicted octanol–water partition coefficient (Wildman–Crippen LogP) is 3.63. The van der Waals surface area contributed by atoms with Crippen molar-refractivity contribution in [3.05, 3.63) is 11.8 Å². The van der Waals surface area contributed by atoms with Gasteiger partial charge in [-0.25, -0.2) is 0 Å². The topological polar surface area (TPSA) is 29.1 Å². The zero-order valence-corrected chi connectivity index (χ0v) is 11.0. The second-order valence-corrected chi connectivity index (χ2v) is 5.75. The monoisotopic (exact) mass is 235 g/mol. The number of carbonyl (C=O) groups excluding carboxylic acids is 1. The van der Waals surface area contributed by atoms with Crippen LogP contribution in [0.15, 0.2) is 11.8 Å². The molecule has 2 aliphatic carbocycles. The molecule has 0 heterocycles. The Bertz CT molecular complexity index is 285. The van der Waals surface area contributed by atoms with E-state index in [9.17, 15) is 4.79 Å². The van der Waals surface area contributed by atoms with Gasteiger partial charge in [-0.05, 0) is 31.1 Å². The van der Waals surface area contributed by atoms with E-state index in [2.05, 4.69) is 18.3 Å².